The fourth-order valence-corrected chi connectivity index (χ4v) is 4.48. The van der Waals surface area contributed by atoms with Crippen LogP contribution in [0.25, 0.3) is 0 Å². The molecule has 0 aromatic heterocycles. The molecule has 1 aromatic carbocycles. The summed E-state index contributed by atoms with van der Waals surface area (Å²) in [5.41, 5.74) is 0.167. The highest BCUT2D eigenvalue weighted by Crippen LogP contribution is 2.63. The molecule has 0 spiro atoms. The maximum atomic E-state index is 12.7. The summed E-state index contributed by atoms with van der Waals surface area (Å²) in [6.45, 7) is 0. The molecule has 4 aliphatic carbocycles. The first-order chi connectivity index (χ1) is 11.5. The Morgan fingerprint density at radius 3 is 2.42 bits per heavy atom. The number of carbonyl (C=O) groups excluding carboxylic acids is 2. The summed E-state index contributed by atoms with van der Waals surface area (Å²) < 4.78 is 0. The molecule has 0 unspecified atom stereocenters. The van der Waals surface area contributed by atoms with E-state index in [0.717, 1.165) is 6.42 Å². The Balaban J connectivity index is 1.59. The average Bonchev–Trinajstić information content (AvgIpc) is 3.36. The van der Waals surface area contributed by atoms with Gasteiger partial charge in [0.15, 0.2) is 0 Å². The Kier molecular flexibility index (Phi) is 3.19. The molecule has 124 valence electrons. The molecule has 7 nitrogen and oxygen atoms in total. The van der Waals surface area contributed by atoms with Gasteiger partial charge in [-0.15, -0.1) is 0 Å². The molecule has 1 aromatic rings. The second-order valence-electron chi connectivity index (χ2n) is 6.77. The van der Waals surface area contributed by atoms with Crippen LogP contribution in [0, 0.1) is 45.6 Å². The van der Waals surface area contributed by atoms with E-state index in [1.807, 2.05) is 12.2 Å². The molecule has 4 aliphatic rings. The Labute approximate surface area is 137 Å². The number of nitro benzene ring substituents is 1. The van der Waals surface area contributed by atoms with E-state index < -0.39 is 28.6 Å². The summed E-state index contributed by atoms with van der Waals surface area (Å²) in [6, 6.07) is 5.63. The topological polar surface area (TPSA) is 112 Å². The number of amides is 1. The van der Waals surface area contributed by atoms with Crippen LogP contribution in [-0.4, -0.2) is 16.8 Å². The monoisotopic (exact) mass is 327 g/mol. The molecule has 2 fully saturated rings. The summed E-state index contributed by atoms with van der Waals surface area (Å²) >= 11 is 0. The Hall–Kier alpha value is -2.70. The smallest absolute Gasteiger partial charge is 0.271 e. The third-order valence-corrected chi connectivity index (χ3v) is 5.55. The second-order valence-corrected chi connectivity index (χ2v) is 6.77. The molecule has 0 heterocycles. The van der Waals surface area contributed by atoms with Gasteiger partial charge in [-0.2, -0.15) is 0 Å². The lowest BCUT2D eigenvalue weighted by Gasteiger charge is -2.44. The fraction of sp³-hybridized carbons (Fsp3) is 0.412. The number of fused-ring (bicyclic) bond motifs is 1. The minimum absolute atomic E-state index is 0.0957. The van der Waals surface area contributed by atoms with Crippen molar-refractivity contribution in [3.8, 4) is 0 Å². The Bertz CT molecular complexity index is 774. The number of carbonyl (C=O) groups is 2. The normalized spacial score (nSPS) is 35.2. The van der Waals surface area contributed by atoms with Gasteiger partial charge in [0.05, 0.1) is 10.8 Å². The maximum absolute atomic E-state index is 12.7. The SMILES string of the molecule is O=C(Nc1cccc([N+](=O)[O-])c1)[C@H]1[C@@H]2C=C[C@@H]([C@H]3C[C@@H]23)[C@@H]1C(=O)[O-]. The second kappa shape index (κ2) is 5.15. The van der Waals surface area contributed by atoms with Gasteiger partial charge in [0.25, 0.3) is 5.69 Å². The van der Waals surface area contributed by atoms with Crippen molar-refractivity contribution in [3.63, 3.8) is 0 Å². The number of nitro groups is 1. The zero-order chi connectivity index (χ0) is 17.0. The summed E-state index contributed by atoms with van der Waals surface area (Å²) in [5, 5.41) is 25.1. The molecular formula is C17H15N2O5-. The highest BCUT2D eigenvalue weighted by Gasteiger charge is 2.61. The van der Waals surface area contributed by atoms with Crippen molar-refractivity contribution in [1.29, 1.82) is 0 Å². The number of non-ortho nitro benzene ring substituents is 1. The van der Waals surface area contributed by atoms with Crippen LogP contribution in [0.2, 0.25) is 0 Å². The molecule has 0 aliphatic heterocycles. The van der Waals surface area contributed by atoms with Crippen molar-refractivity contribution in [2.24, 2.45) is 35.5 Å². The lowest BCUT2D eigenvalue weighted by atomic mass is 9.62. The predicted octanol–water partition coefficient (Wildman–Crippen LogP) is 0.967. The van der Waals surface area contributed by atoms with Crippen molar-refractivity contribution < 1.29 is 19.6 Å². The maximum Gasteiger partial charge on any atom is 0.271 e. The van der Waals surface area contributed by atoms with Crippen LogP contribution >= 0.6 is 0 Å². The van der Waals surface area contributed by atoms with E-state index in [4.69, 9.17) is 0 Å². The van der Waals surface area contributed by atoms with Crippen LogP contribution in [-0.2, 0) is 9.59 Å². The van der Waals surface area contributed by atoms with Crippen LogP contribution in [0.3, 0.4) is 0 Å². The highest BCUT2D eigenvalue weighted by molar-refractivity contribution is 5.96. The van der Waals surface area contributed by atoms with Gasteiger partial charge in [0, 0.05) is 29.7 Å². The van der Waals surface area contributed by atoms with Crippen LogP contribution in [0.5, 0.6) is 0 Å². The first kappa shape index (κ1) is 14.9. The van der Waals surface area contributed by atoms with Crippen LogP contribution < -0.4 is 10.4 Å². The molecule has 24 heavy (non-hydrogen) atoms. The summed E-state index contributed by atoms with van der Waals surface area (Å²) in [5.74, 6) is -2.64. The zero-order valence-electron chi connectivity index (χ0n) is 12.6. The molecule has 1 amide bonds. The summed E-state index contributed by atoms with van der Waals surface area (Å²) in [6.07, 6.45) is 4.82. The summed E-state index contributed by atoms with van der Waals surface area (Å²) in [7, 11) is 0. The number of nitrogens with zero attached hydrogens (tertiary/aromatic N) is 1. The lowest BCUT2D eigenvalue weighted by molar-refractivity contribution is -0.384. The molecular weight excluding hydrogens is 312 g/mol. The largest absolute Gasteiger partial charge is 0.550 e. The number of anilines is 1. The lowest BCUT2D eigenvalue weighted by Crippen LogP contribution is -2.52. The van der Waals surface area contributed by atoms with E-state index in [2.05, 4.69) is 5.32 Å². The van der Waals surface area contributed by atoms with Gasteiger partial charge in [0.2, 0.25) is 5.91 Å². The van der Waals surface area contributed by atoms with Gasteiger partial charge in [-0.25, -0.2) is 0 Å². The van der Waals surface area contributed by atoms with E-state index >= 15 is 0 Å². The van der Waals surface area contributed by atoms with Gasteiger partial charge in [-0.05, 0) is 36.2 Å². The molecule has 7 heteroatoms. The van der Waals surface area contributed by atoms with Crippen molar-refractivity contribution in [3.05, 3.63) is 46.5 Å². The third-order valence-electron chi connectivity index (χ3n) is 5.55. The Morgan fingerprint density at radius 2 is 1.79 bits per heavy atom. The predicted molar refractivity (Wildman–Crippen MR) is 81.4 cm³/mol. The third kappa shape index (κ3) is 2.19. The molecule has 1 N–H and O–H groups in total. The molecule has 2 saturated carbocycles. The van der Waals surface area contributed by atoms with Crippen molar-refractivity contribution in [2.75, 3.05) is 5.32 Å². The molecule has 0 saturated heterocycles. The molecule has 5 rings (SSSR count). The van der Waals surface area contributed by atoms with Gasteiger partial charge in [-0.3, -0.25) is 14.9 Å². The number of benzene rings is 1. The minimum Gasteiger partial charge on any atom is -0.550 e. The van der Waals surface area contributed by atoms with Crippen LogP contribution in [0.15, 0.2) is 36.4 Å². The first-order valence-corrected chi connectivity index (χ1v) is 7.92. The standard InChI is InChI=1S/C17H16N2O5/c20-16(18-8-2-1-3-9(6-8)19(23)24)14-10-4-5-11(13-7-12(10)13)15(14)17(21)22/h1-6,10-15H,7H2,(H,18,20)(H,21,22)/p-1/t10-,11+,12+,13-,14+,15+/m1/s1. The highest BCUT2D eigenvalue weighted by atomic mass is 16.6. The molecule has 2 bridgehead atoms. The first-order valence-electron chi connectivity index (χ1n) is 7.92. The number of nitrogens with one attached hydrogen (secondary N) is 1. The van der Waals surface area contributed by atoms with Crippen LogP contribution in [0.1, 0.15) is 6.42 Å². The zero-order valence-corrected chi connectivity index (χ0v) is 12.6. The van der Waals surface area contributed by atoms with Gasteiger partial charge in [0.1, 0.15) is 0 Å². The number of carboxylic acid groups (broad SMARTS) is 1. The van der Waals surface area contributed by atoms with Gasteiger partial charge >= 0.3 is 0 Å². The van der Waals surface area contributed by atoms with Crippen LogP contribution in [0.4, 0.5) is 11.4 Å². The average molecular weight is 327 g/mol. The summed E-state index contributed by atoms with van der Waals surface area (Å²) in [4.78, 5) is 34.6. The number of rotatable bonds is 4. The van der Waals surface area contributed by atoms with E-state index in [0.29, 0.717) is 17.5 Å². The van der Waals surface area contributed by atoms with E-state index in [1.165, 1.54) is 18.2 Å². The number of hydrogen-bond acceptors (Lipinski definition) is 5. The quantitative estimate of drug-likeness (QED) is 0.503. The van der Waals surface area contributed by atoms with Crippen molar-refractivity contribution in [1.82, 2.24) is 0 Å². The minimum atomic E-state index is -1.20. The van der Waals surface area contributed by atoms with E-state index in [1.54, 1.807) is 6.07 Å². The van der Waals surface area contributed by atoms with E-state index in [-0.39, 0.29) is 17.5 Å². The molecule has 0 radical (unpaired) electrons. The number of hydrogen-bond donors (Lipinski definition) is 1. The fourth-order valence-electron chi connectivity index (χ4n) is 4.48. The number of aliphatic carboxylic acids is 1. The van der Waals surface area contributed by atoms with Gasteiger partial charge in [-0.1, -0.05) is 18.2 Å². The molecule has 6 atom stereocenters. The number of carboxylic acids is 1. The van der Waals surface area contributed by atoms with Gasteiger partial charge < -0.3 is 15.2 Å². The number of allylic oxidation sites excluding steroid dienone is 2. The van der Waals surface area contributed by atoms with E-state index in [9.17, 15) is 24.8 Å². The Morgan fingerprint density at radius 1 is 1.12 bits per heavy atom. The van der Waals surface area contributed by atoms with Crippen molar-refractivity contribution in [2.45, 2.75) is 6.42 Å². The van der Waals surface area contributed by atoms with Crippen molar-refractivity contribution >= 4 is 23.3 Å².